The molecule has 0 radical (unpaired) electrons. The van der Waals surface area contributed by atoms with E-state index < -0.39 is 0 Å². The Kier molecular flexibility index (Phi) is 2.52. The second-order valence-corrected chi connectivity index (χ2v) is 6.70. The Hall–Kier alpha value is -0.800. The molecule has 0 fully saturated rings. The lowest BCUT2D eigenvalue weighted by molar-refractivity contribution is 0.843. The Morgan fingerprint density at radius 3 is 2.94 bits per heavy atom. The summed E-state index contributed by atoms with van der Waals surface area (Å²) in [6, 6.07) is 11.4. The Balaban J connectivity index is 1.90. The number of aryl methyl sites for hydroxylation is 1. The van der Waals surface area contributed by atoms with Crippen LogP contribution in [0.2, 0.25) is 0 Å². The van der Waals surface area contributed by atoms with Crippen molar-refractivity contribution in [2.45, 2.75) is 19.4 Å². The molecule has 0 aliphatic carbocycles. The monoisotopic (exact) mass is 293 g/mol. The Labute approximate surface area is 108 Å². The average molecular weight is 294 g/mol. The van der Waals surface area contributed by atoms with Crippen LogP contribution in [0.3, 0.4) is 0 Å². The van der Waals surface area contributed by atoms with E-state index in [9.17, 15) is 0 Å². The van der Waals surface area contributed by atoms with Crippen molar-refractivity contribution in [2.75, 3.05) is 5.32 Å². The number of fused-ring (bicyclic) bond motifs is 1. The van der Waals surface area contributed by atoms with Crippen LogP contribution in [0, 0.1) is 6.92 Å². The molecule has 1 atom stereocenters. The summed E-state index contributed by atoms with van der Waals surface area (Å²) in [5.74, 6) is 0. The highest BCUT2D eigenvalue weighted by Crippen LogP contribution is 2.38. The first-order valence-electron chi connectivity index (χ1n) is 5.34. The van der Waals surface area contributed by atoms with Crippen molar-refractivity contribution in [3.8, 4) is 0 Å². The first-order valence-corrected chi connectivity index (χ1v) is 6.94. The van der Waals surface area contributed by atoms with E-state index in [4.69, 9.17) is 0 Å². The second-order valence-electron chi connectivity index (χ2n) is 4.20. The molecule has 1 nitrogen and oxygen atoms in total. The molecule has 0 spiro atoms. The number of thiophene rings is 1. The van der Waals surface area contributed by atoms with Crippen LogP contribution in [0.4, 0.5) is 5.69 Å². The summed E-state index contributed by atoms with van der Waals surface area (Å²) in [4.78, 5) is 1.40. The zero-order chi connectivity index (χ0) is 11.1. The van der Waals surface area contributed by atoms with Gasteiger partial charge in [0.15, 0.2) is 0 Å². The van der Waals surface area contributed by atoms with Gasteiger partial charge in [0.2, 0.25) is 0 Å². The quantitative estimate of drug-likeness (QED) is 0.815. The standard InChI is InChI=1S/C13H12BrNS/c1-8-2-3-10-9(6-8)7-11(15-10)12-4-5-13(14)16-12/h2-6,11,15H,7H2,1H3. The Morgan fingerprint density at radius 2 is 2.19 bits per heavy atom. The highest BCUT2D eigenvalue weighted by atomic mass is 79.9. The molecule has 1 aliphatic rings. The topological polar surface area (TPSA) is 12.0 Å². The van der Waals surface area contributed by atoms with E-state index in [0.29, 0.717) is 6.04 Å². The molecule has 1 aliphatic heterocycles. The SMILES string of the molecule is Cc1ccc2c(c1)CC(c1ccc(Br)s1)N2. The number of hydrogen-bond donors (Lipinski definition) is 1. The molecule has 1 N–H and O–H groups in total. The predicted molar refractivity (Wildman–Crippen MR) is 73.3 cm³/mol. The van der Waals surface area contributed by atoms with Gasteiger partial charge in [-0.25, -0.2) is 0 Å². The number of rotatable bonds is 1. The van der Waals surface area contributed by atoms with Gasteiger partial charge in [0.1, 0.15) is 0 Å². The van der Waals surface area contributed by atoms with Crippen molar-refractivity contribution in [3.05, 3.63) is 50.1 Å². The Bertz CT molecular complexity index is 532. The van der Waals surface area contributed by atoms with E-state index in [1.54, 1.807) is 0 Å². The minimum absolute atomic E-state index is 0.452. The van der Waals surface area contributed by atoms with Crippen LogP contribution < -0.4 is 5.32 Å². The molecule has 1 aromatic carbocycles. The normalized spacial score (nSPS) is 18.2. The molecule has 0 amide bonds. The van der Waals surface area contributed by atoms with Crippen LogP contribution in [0.1, 0.15) is 22.0 Å². The fourth-order valence-electron chi connectivity index (χ4n) is 2.18. The van der Waals surface area contributed by atoms with Crippen molar-refractivity contribution >= 4 is 33.0 Å². The van der Waals surface area contributed by atoms with E-state index in [1.807, 2.05) is 11.3 Å². The zero-order valence-electron chi connectivity index (χ0n) is 8.96. The fraction of sp³-hybridized carbons (Fsp3) is 0.231. The largest absolute Gasteiger partial charge is 0.377 e. The van der Waals surface area contributed by atoms with Crippen LogP contribution in [0.25, 0.3) is 0 Å². The lowest BCUT2D eigenvalue weighted by Crippen LogP contribution is -2.02. The zero-order valence-corrected chi connectivity index (χ0v) is 11.4. The van der Waals surface area contributed by atoms with Crippen molar-refractivity contribution < 1.29 is 0 Å². The maximum atomic E-state index is 3.58. The molecular formula is C13H12BrNS. The van der Waals surface area contributed by atoms with Crippen molar-refractivity contribution in [1.82, 2.24) is 0 Å². The molecule has 0 saturated heterocycles. The Morgan fingerprint density at radius 1 is 1.31 bits per heavy atom. The van der Waals surface area contributed by atoms with Gasteiger partial charge in [-0.05, 0) is 53.0 Å². The minimum Gasteiger partial charge on any atom is -0.377 e. The highest BCUT2D eigenvalue weighted by molar-refractivity contribution is 9.11. The minimum atomic E-state index is 0.452. The summed E-state index contributed by atoms with van der Waals surface area (Å²) in [5, 5.41) is 3.58. The summed E-state index contributed by atoms with van der Waals surface area (Å²) in [6.07, 6.45) is 1.10. The molecule has 2 aromatic rings. The number of nitrogens with one attached hydrogen (secondary N) is 1. The van der Waals surface area contributed by atoms with Gasteiger partial charge < -0.3 is 5.32 Å². The molecule has 0 saturated carbocycles. The average Bonchev–Trinajstić information content (AvgIpc) is 2.83. The first kappa shape index (κ1) is 10.4. The van der Waals surface area contributed by atoms with Crippen LogP contribution in [-0.4, -0.2) is 0 Å². The van der Waals surface area contributed by atoms with E-state index in [0.717, 1.165) is 6.42 Å². The van der Waals surface area contributed by atoms with Gasteiger partial charge in [-0.15, -0.1) is 11.3 Å². The summed E-state index contributed by atoms with van der Waals surface area (Å²) in [5.41, 5.74) is 4.07. The van der Waals surface area contributed by atoms with E-state index in [2.05, 4.69) is 58.5 Å². The number of halogens is 1. The summed E-state index contributed by atoms with van der Waals surface area (Å²) in [7, 11) is 0. The van der Waals surface area contributed by atoms with Gasteiger partial charge in [-0.3, -0.25) is 0 Å². The molecule has 1 unspecified atom stereocenters. The second kappa shape index (κ2) is 3.90. The van der Waals surface area contributed by atoms with Crippen LogP contribution in [0.15, 0.2) is 34.1 Å². The van der Waals surface area contributed by atoms with Gasteiger partial charge in [0.25, 0.3) is 0 Å². The lowest BCUT2D eigenvalue weighted by Gasteiger charge is -2.07. The van der Waals surface area contributed by atoms with Gasteiger partial charge in [0.05, 0.1) is 9.83 Å². The molecule has 1 aromatic heterocycles. The predicted octanol–water partition coefficient (Wildman–Crippen LogP) is 4.53. The third-order valence-electron chi connectivity index (χ3n) is 2.95. The van der Waals surface area contributed by atoms with E-state index in [1.165, 1.54) is 25.5 Å². The molecule has 3 rings (SSSR count). The van der Waals surface area contributed by atoms with Crippen LogP contribution >= 0.6 is 27.3 Å². The molecule has 16 heavy (non-hydrogen) atoms. The molecule has 82 valence electrons. The third-order valence-corrected chi connectivity index (χ3v) is 4.69. The number of anilines is 1. The fourth-order valence-corrected chi connectivity index (χ4v) is 3.65. The molecule has 3 heteroatoms. The maximum Gasteiger partial charge on any atom is 0.0702 e. The van der Waals surface area contributed by atoms with Crippen molar-refractivity contribution in [2.24, 2.45) is 0 Å². The lowest BCUT2D eigenvalue weighted by atomic mass is 10.1. The van der Waals surface area contributed by atoms with Gasteiger partial charge >= 0.3 is 0 Å². The molecular weight excluding hydrogens is 282 g/mol. The highest BCUT2D eigenvalue weighted by Gasteiger charge is 2.22. The summed E-state index contributed by atoms with van der Waals surface area (Å²) >= 11 is 5.33. The van der Waals surface area contributed by atoms with Crippen LogP contribution in [0.5, 0.6) is 0 Å². The van der Waals surface area contributed by atoms with E-state index in [-0.39, 0.29) is 0 Å². The number of hydrogen-bond acceptors (Lipinski definition) is 2. The van der Waals surface area contributed by atoms with Crippen LogP contribution in [-0.2, 0) is 6.42 Å². The van der Waals surface area contributed by atoms with Gasteiger partial charge in [-0.1, -0.05) is 17.7 Å². The van der Waals surface area contributed by atoms with Gasteiger partial charge in [-0.2, -0.15) is 0 Å². The smallest absolute Gasteiger partial charge is 0.0702 e. The maximum absolute atomic E-state index is 3.58. The van der Waals surface area contributed by atoms with Gasteiger partial charge in [0, 0.05) is 10.6 Å². The van der Waals surface area contributed by atoms with Crippen molar-refractivity contribution in [1.29, 1.82) is 0 Å². The van der Waals surface area contributed by atoms with E-state index >= 15 is 0 Å². The first-order chi connectivity index (χ1) is 7.72. The summed E-state index contributed by atoms with van der Waals surface area (Å²) < 4.78 is 1.21. The molecule has 0 bridgehead atoms. The molecule has 2 heterocycles. The van der Waals surface area contributed by atoms with Crippen molar-refractivity contribution in [3.63, 3.8) is 0 Å². The summed E-state index contributed by atoms with van der Waals surface area (Å²) in [6.45, 7) is 2.15. The number of benzene rings is 1. The third kappa shape index (κ3) is 1.78.